The Labute approximate surface area is 206 Å². The van der Waals surface area contributed by atoms with Gasteiger partial charge in [-0.05, 0) is 32.9 Å². The maximum absolute atomic E-state index is 12.6. The molecule has 1 saturated heterocycles. The Kier molecular flexibility index (Phi) is 10.5. The first-order valence-corrected chi connectivity index (χ1v) is 11.4. The fourth-order valence-electron chi connectivity index (χ4n) is 3.51. The van der Waals surface area contributed by atoms with Gasteiger partial charge in [-0.2, -0.15) is 0 Å². The highest BCUT2D eigenvalue weighted by Crippen LogP contribution is 2.18. The molecular formula is C22H33IN6OS. The van der Waals surface area contributed by atoms with Crippen LogP contribution in [0.1, 0.15) is 28.9 Å². The van der Waals surface area contributed by atoms with Gasteiger partial charge in [0.1, 0.15) is 0 Å². The molecule has 1 aliphatic heterocycles. The predicted molar refractivity (Wildman–Crippen MR) is 140 cm³/mol. The van der Waals surface area contributed by atoms with Crippen molar-refractivity contribution in [2.75, 3.05) is 44.2 Å². The normalized spacial score (nSPS) is 14.2. The summed E-state index contributed by atoms with van der Waals surface area (Å²) in [6, 6.07) is 10.4. The van der Waals surface area contributed by atoms with E-state index in [1.165, 1.54) is 10.6 Å². The Morgan fingerprint density at radius 3 is 2.45 bits per heavy atom. The number of aliphatic imine (C=N–C) groups is 1. The number of nitrogens with zero attached hydrogens (tertiary/aromatic N) is 4. The van der Waals surface area contributed by atoms with Crippen LogP contribution in [0.5, 0.6) is 0 Å². The summed E-state index contributed by atoms with van der Waals surface area (Å²) in [6.45, 7) is 11.3. The monoisotopic (exact) mass is 556 g/mol. The average molecular weight is 557 g/mol. The highest BCUT2D eigenvalue weighted by atomic mass is 127. The Hall–Kier alpha value is -1.88. The third kappa shape index (κ3) is 7.64. The number of hydrogen-bond donors (Lipinski definition) is 2. The summed E-state index contributed by atoms with van der Waals surface area (Å²) in [6.07, 6.45) is 0.467. The van der Waals surface area contributed by atoms with Crippen molar-refractivity contribution in [2.24, 2.45) is 4.99 Å². The standard InChI is InChI=1S/C22H32N6OS.HI/c1-4-23-22(25-16-20-17(2)26-18(3)30-20)24-11-10-21(29)28-14-12-27(13-15-28)19-8-6-5-7-9-19;/h5-9H,4,10-16H2,1-3H3,(H2,23,24,25);1H. The van der Waals surface area contributed by atoms with E-state index in [0.717, 1.165) is 49.4 Å². The second-order valence-electron chi connectivity index (χ2n) is 7.32. The van der Waals surface area contributed by atoms with Crippen molar-refractivity contribution < 1.29 is 4.79 Å². The van der Waals surface area contributed by atoms with E-state index in [-0.39, 0.29) is 29.9 Å². The first-order valence-electron chi connectivity index (χ1n) is 10.6. The third-order valence-corrected chi connectivity index (χ3v) is 6.17. The van der Waals surface area contributed by atoms with Crippen molar-refractivity contribution in [1.82, 2.24) is 20.5 Å². The van der Waals surface area contributed by atoms with Crippen LogP contribution in [0.3, 0.4) is 0 Å². The molecule has 0 bridgehead atoms. The number of piperazine rings is 1. The number of aromatic nitrogens is 1. The van der Waals surface area contributed by atoms with E-state index in [1.54, 1.807) is 11.3 Å². The molecule has 1 aromatic carbocycles. The van der Waals surface area contributed by atoms with Gasteiger partial charge in [0.2, 0.25) is 5.91 Å². The number of anilines is 1. The molecular weight excluding hydrogens is 523 g/mol. The quantitative estimate of drug-likeness (QED) is 0.312. The molecule has 9 heteroatoms. The topological polar surface area (TPSA) is 72.9 Å². The summed E-state index contributed by atoms with van der Waals surface area (Å²) >= 11 is 1.68. The number of nitrogens with one attached hydrogen (secondary N) is 2. The van der Waals surface area contributed by atoms with Crippen LogP contribution in [0.2, 0.25) is 0 Å². The fourth-order valence-corrected chi connectivity index (χ4v) is 4.37. The van der Waals surface area contributed by atoms with Crippen LogP contribution in [0, 0.1) is 13.8 Å². The second-order valence-corrected chi connectivity index (χ2v) is 8.60. The van der Waals surface area contributed by atoms with Gasteiger partial charge in [0, 0.05) is 56.3 Å². The largest absolute Gasteiger partial charge is 0.368 e. The zero-order chi connectivity index (χ0) is 21.3. The Morgan fingerprint density at radius 2 is 1.84 bits per heavy atom. The maximum atomic E-state index is 12.6. The summed E-state index contributed by atoms with van der Waals surface area (Å²) < 4.78 is 0. The van der Waals surface area contributed by atoms with E-state index >= 15 is 0 Å². The highest BCUT2D eigenvalue weighted by Gasteiger charge is 2.20. The number of amides is 1. The van der Waals surface area contributed by atoms with Gasteiger partial charge in [-0.15, -0.1) is 35.3 Å². The molecule has 31 heavy (non-hydrogen) atoms. The van der Waals surface area contributed by atoms with E-state index in [2.05, 4.69) is 49.8 Å². The van der Waals surface area contributed by atoms with Crippen molar-refractivity contribution in [3.63, 3.8) is 0 Å². The second kappa shape index (κ2) is 12.8. The molecule has 1 aliphatic rings. The molecule has 1 aromatic heterocycles. The van der Waals surface area contributed by atoms with Crippen LogP contribution in [0.4, 0.5) is 5.69 Å². The summed E-state index contributed by atoms with van der Waals surface area (Å²) in [5, 5.41) is 7.60. The fraction of sp³-hybridized carbons (Fsp3) is 0.500. The number of benzene rings is 1. The number of rotatable bonds is 7. The molecule has 2 N–H and O–H groups in total. The molecule has 0 unspecified atom stereocenters. The van der Waals surface area contributed by atoms with E-state index in [9.17, 15) is 4.79 Å². The predicted octanol–water partition coefficient (Wildman–Crippen LogP) is 3.17. The lowest BCUT2D eigenvalue weighted by Crippen LogP contribution is -2.49. The molecule has 1 amide bonds. The number of hydrogen-bond acceptors (Lipinski definition) is 5. The highest BCUT2D eigenvalue weighted by molar-refractivity contribution is 14.0. The van der Waals surface area contributed by atoms with Gasteiger partial charge >= 0.3 is 0 Å². The van der Waals surface area contributed by atoms with Crippen LogP contribution < -0.4 is 15.5 Å². The van der Waals surface area contributed by atoms with E-state index in [0.29, 0.717) is 19.5 Å². The van der Waals surface area contributed by atoms with Crippen molar-refractivity contribution in [1.29, 1.82) is 0 Å². The molecule has 0 saturated carbocycles. The van der Waals surface area contributed by atoms with Crippen LogP contribution in [-0.2, 0) is 11.3 Å². The average Bonchev–Trinajstić information content (AvgIpc) is 3.09. The first kappa shape index (κ1) is 25.4. The van der Waals surface area contributed by atoms with Crippen LogP contribution in [0.25, 0.3) is 0 Å². The van der Waals surface area contributed by atoms with Gasteiger partial charge in [-0.25, -0.2) is 9.98 Å². The zero-order valence-corrected chi connectivity index (χ0v) is 21.7. The van der Waals surface area contributed by atoms with Crippen molar-refractivity contribution in [2.45, 2.75) is 33.7 Å². The van der Waals surface area contributed by atoms with Gasteiger partial charge in [0.15, 0.2) is 5.96 Å². The number of carbonyl (C=O) groups is 1. The minimum absolute atomic E-state index is 0. The lowest BCUT2D eigenvalue weighted by molar-refractivity contribution is -0.131. The van der Waals surface area contributed by atoms with Crippen molar-refractivity contribution in [3.05, 3.63) is 45.9 Å². The molecule has 170 valence electrons. The summed E-state index contributed by atoms with van der Waals surface area (Å²) in [4.78, 5) is 27.2. The van der Waals surface area contributed by atoms with Gasteiger partial charge < -0.3 is 20.4 Å². The molecule has 2 heterocycles. The van der Waals surface area contributed by atoms with Crippen LogP contribution in [-0.4, -0.2) is 61.0 Å². The Balaban J connectivity index is 0.00000341. The number of aryl methyl sites for hydroxylation is 2. The summed E-state index contributed by atoms with van der Waals surface area (Å²) in [7, 11) is 0. The molecule has 0 spiro atoms. The van der Waals surface area contributed by atoms with E-state index < -0.39 is 0 Å². The molecule has 2 aromatic rings. The van der Waals surface area contributed by atoms with Crippen LogP contribution in [0.15, 0.2) is 35.3 Å². The summed E-state index contributed by atoms with van der Waals surface area (Å²) in [5.41, 5.74) is 2.27. The molecule has 7 nitrogen and oxygen atoms in total. The molecule has 0 atom stereocenters. The Bertz CT molecular complexity index is 849. The molecule has 3 rings (SSSR count). The molecule has 1 fully saturated rings. The smallest absolute Gasteiger partial charge is 0.224 e. The van der Waals surface area contributed by atoms with Crippen LogP contribution >= 0.6 is 35.3 Å². The van der Waals surface area contributed by atoms with E-state index in [1.807, 2.05) is 31.7 Å². The number of carbonyl (C=O) groups excluding carboxylic acids is 1. The lowest BCUT2D eigenvalue weighted by Gasteiger charge is -2.36. The van der Waals surface area contributed by atoms with Gasteiger partial charge in [-0.1, -0.05) is 18.2 Å². The van der Waals surface area contributed by atoms with E-state index in [4.69, 9.17) is 0 Å². The lowest BCUT2D eigenvalue weighted by atomic mass is 10.2. The Morgan fingerprint density at radius 1 is 1.13 bits per heavy atom. The maximum Gasteiger partial charge on any atom is 0.224 e. The summed E-state index contributed by atoms with van der Waals surface area (Å²) in [5.74, 6) is 0.935. The minimum Gasteiger partial charge on any atom is -0.368 e. The number of para-hydroxylation sites is 1. The van der Waals surface area contributed by atoms with Crippen molar-refractivity contribution >= 4 is 52.9 Å². The molecule has 0 aliphatic carbocycles. The minimum atomic E-state index is 0. The number of halogens is 1. The first-order chi connectivity index (χ1) is 14.6. The zero-order valence-electron chi connectivity index (χ0n) is 18.6. The van der Waals surface area contributed by atoms with Crippen molar-refractivity contribution in [3.8, 4) is 0 Å². The number of guanidine groups is 1. The SMILES string of the molecule is CCNC(=NCc1sc(C)nc1C)NCCC(=O)N1CCN(c2ccccc2)CC1.I. The number of thiazole rings is 1. The van der Waals surface area contributed by atoms with Gasteiger partial charge in [0.05, 0.1) is 17.2 Å². The third-order valence-electron chi connectivity index (χ3n) is 5.11. The van der Waals surface area contributed by atoms with Gasteiger partial charge in [0.25, 0.3) is 0 Å². The molecule has 0 radical (unpaired) electrons. The van der Waals surface area contributed by atoms with Gasteiger partial charge in [-0.3, -0.25) is 4.79 Å².